The van der Waals surface area contributed by atoms with Gasteiger partial charge in [0.15, 0.2) is 6.10 Å². The molecule has 0 radical (unpaired) electrons. The molecule has 1 atom stereocenters. The molecule has 5 nitrogen and oxygen atoms in total. The van der Waals surface area contributed by atoms with Crippen LogP contribution in [0, 0.1) is 0 Å². The molecule has 0 amide bonds. The van der Waals surface area contributed by atoms with Crippen LogP contribution in [0.2, 0.25) is 0 Å². The lowest BCUT2D eigenvalue weighted by Crippen LogP contribution is -2.26. The van der Waals surface area contributed by atoms with Gasteiger partial charge in [-0.25, -0.2) is 4.79 Å². The van der Waals surface area contributed by atoms with Crippen molar-refractivity contribution in [1.82, 2.24) is 0 Å². The van der Waals surface area contributed by atoms with Gasteiger partial charge in [0.25, 0.3) is 0 Å². The summed E-state index contributed by atoms with van der Waals surface area (Å²) in [6.07, 6.45) is -0.497. The number of carboxylic acid groups (broad SMARTS) is 1. The molecule has 0 fully saturated rings. The van der Waals surface area contributed by atoms with Crippen LogP contribution in [0.15, 0.2) is 0 Å². The molecule has 0 saturated carbocycles. The summed E-state index contributed by atoms with van der Waals surface area (Å²) in [7, 11) is 0. The topological polar surface area (TPSA) is 76.0 Å². The van der Waals surface area contributed by atoms with Gasteiger partial charge in [-0.15, -0.1) is 0 Å². The van der Waals surface area contributed by atoms with E-state index in [-0.39, 0.29) is 6.61 Å². The maximum atomic E-state index is 10.1. The standard InChI is InChI=1S/C8H16O5/c1-2-3-12-4-5-13-6-7(9)8(10)11/h7,9H,2-6H2,1H3,(H,10,11). The number of rotatable bonds is 8. The number of carboxylic acids is 1. The van der Waals surface area contributed by atoms with Gasteiger partial charge < -0.3 is 19.7 Å². The van der Waals surface area contributed by atoms with Crippen molar-refractivity contribution in [2.45, 2.75) is 19.4 Å². The third-order valence-corrected chi connectivity index (χ3v) is 1.28. The van der Waals surface area contributed by atoms with E-state index in [1.54, 1.807) is 0 Å². The van der Waals surface area contributed by atoms with E-state index in [0.717, 1.165) is 6.42 Å². The van der Waals surface area contributed by atoms with Crippen molar-refractivity contribution in [1.29, 1.82) is 0 Å². The quantitative estimate of drug-likeness (QED) is 0.524. The predicted octanol–water partition coefficient (Wildman–Crippen LogP) is -0.125. The third-order valence-electron chi connectivity index (χ3n) is 1.28. The van der Waals surface area contributed by atoms with E-state index in [2.05, 4.69) is 0 Å². The first-order valence-corrected chi connectivity index (χ1v) is 4.24. The summed E-state index contributed by atoms with van der Waals surface area (Å²) in [4.78, 5) is 10.1. The molecule has 0 spiro atoms. The second-order valence-electron chi connectivity index (χ2n) is 2.54. The highest BCUT2D eigenvalue weighted by Crippen LogP contribution is 1.86. The van der Waals surface area contributed by atoms with Crippen molar-refractivity contribution < 1.29 is 24.5 Å². The summed E-state index contributed by atoms with van der Waals surface area (Å²) in [6, 6.07) is 0. The Labute approximate surface area is 77.3 Å². The first-order valence-electron chi connectivity index (χ1n) is 4.24. The lowest BCUT2D eigenvalue weighted by atomic mass is 10.4. The van der Waals surface area contributed by atoms with Gasteiger partial charge in [0.1, 0.15) is 0 Å². The molecule has 0 aliphatic heterocycles. The van der Waals surface area contributed by atoms with Crippen LogP contribution in [0.1, 0.15) is 13.3 Å². The molecule has 0 rings (SSSR count). The van der Waals surface area contributed by atoms with Crippen molar-refractivity contribution in [2.24, 2.45) is 0 Å². The fourth-order valence-electron chi connectivity index (χ4n) is 0.631. The summed E-state index contributed by atoms with van der Waals surface area (Å²) in [5, 5.41) is 17.0. The maximum absolute atomic E-state index is 10.1. The van der Waals surface area contributed by atoms with E-state index < -0.39 is 12.1 Å². The van der Waals surface area contributed by atoms with E-state index in [0.29, 0.717) is 19.8 Å². The van der Waals surface area contributed by atoms with Gasteiger partial charge in [0.2, 0.25) is 0 Å². The highest BCUT2D eigenvalue weighted by atomic mass is 16.5. The highest BCUT2D eigenvalue weighted by Gasteiger charge is 2.12. The Morgan fingerprint density at radius 3 is 2.46 bits per heavy atom. The van der Waals surface area contributed by atoms with Crippen LogP contribution in [0.3, 0.4) is 0 Å². The van der Waals surface area contributed by atoms with Gasteiger partial charge in [-0.2, -0.15) is 0 Å². The zero-order chi connectivity index (χ0) is 10.1. The van der Waals surface area contributed by atoms with E-state index in [1.807, 2.05) is 6.92 Å². The zero-order valence-corrected chi connectivity index (χ0v) is 7.73. The highest BCUT2D eigenvalue weighted by molar-refractivity contribution is 5.71. The summed E-state index contributed by atoms with van der Waals surface area (Å²) in [6.45, 7) is 3.22. The van der Waals surface area contributed by atoms with Gasteiger partial charge in [-0.1, -0.05) is 6.92 Å². The van der Waals surface area contributed by atoms with Gasteiger partial charge in [-0.3, -0.25) is 0 Å². The number of carbonyl (C=O) groups is 1. The van der Waals surface area contributed by atoms with Crippen LogP contribution >= 0.6 is 0 Å². The SMILES string of the molecule is CCCOCCOCC(O)C(=O)O. The minimum Gasteiger partial charge on any atom is -0.479 e. The van der Waals surface area contributed by atoms with E-state index in [4.69, 9.17) is 19.7 Å². The summed E-state index contributed by atoms with van der Waals surface area (Å²) >= 11 is 0. The Kier molecular flexibility index (Phi) is 7.57. The second-order valence-corrected chi connectivity index (χ2v) is 2.54. The van der Waals surface area contributed by atoms with Crippen molar-refractivity contribution in [2.75, 3.05) is 26.4 Å². The van der Waals surface area contributed by atoms with Crippen LogP contribution in [0.4, 0.5) is 0 Å². The summed E-state index contributed by atoms with van der Waals surface area (Å²) in [5.74, 6) is -1.27. The number of aliphatic hydroxyl groups is 1. The number of ether oxygens (including phenoxy) is 2. The van der Waals surface area contributed by atoms with Crippen molar-refractivity contribution in [3.05, 3.63) is 0 Å². The second kappa shape index (κ2) is 7.97. The monoisotopic (exact) mass is 192 g/mol. The Morgan fingerprint density at radius 1 is 1.31 bits per heavy atom. The van der Waals surface area contributed by atoms with Crippen molar-refractivity contribution >= 4 is 5.97 Å². The Hall–Kier alpha value is -0.650. The molecule has 0 saturated heterocycles. The van der Waals surface area contributed by atoms with Crippen LogP contribution < -0.4 is 0 Å². The van der Waals surface area contributed by atoms with Gasteiger partial charge >= 0.3 is 5.97 Å². The van der Waals surface area contributed by atoms with Crippen LogP contribution in [0.5, 0.6) is 0 Å². The number of hydrogen-bond acceptors (Lipinski definition) is 4. The normalized spacial score (nSPS) is 12.8. The number of aliphatic carboxylic acids is 1. The van der Waals surface area contributed by atoms with Crippen LogP contribution in [0.25, 0.3) is 0 Å². The Balaban J connectivity index is 3.11. The molecule has 0 aromatic rings. The molecular weight excluding hydrogens is 176 g/mol. The largest absolute Gasteiger partial charge is 0.479 e. The number of hydrogen-bond donors (Lipinski definition) is 2. The smallest absolute Gasteiger partial charge is 0.334 e. The molecule has 13 heavy (non-hydrogen) atoms. The fourth-order valence-corrected chi connectivity index (χ4v) is 0.631. The molecule has 0 aliphatic carbocycles. The van der Waals surface area contributed by atoms with E-state index in [1.165, 1.54) is 0 Å². The molecule has 0 bridgehead atoms. The lowest BCUT2D eigenvalue weighted by molar-refractivity contribution is -0.150. The molecule has 78 valence electrons. The number of aliphatic hydroxyl groups excluding tert-OH is 1. The average Bonchev–Trinajstić information content (AvgIpc) is 2.10. The van der Waals surface area contributed by atoms with E-state index in [9.17, 15) is 4.79 Å². The predicted molar refractivity (Wildman–Crippen MR) is 45.6 cm³/mol. The first-order chi connectivity index (χ1) is 6.18. The van der Waals surface area contributed by atoms with Crippen molar-refractivity contribution in [3.8, 4) is 0 Å². The minimum atomic E-state index is -1.44. The molecule has 0 aliphatic rings. The molecule has 0 aromatic carbocycles. The van der Waals surface area contributed by atoms with Crippen molar-refractivity contribution in [3.63, 3.8) is 0 Å². The Morgan fingerprint density at radius 2 is 1.92 bits per heavy atom. The Bertz CT molecular complexity index is 136. The molecular formula is C8H16O5. The van der Waals surface area contributed by atoms with Crippen LogP contribution in [-0.2, 0) is 14.3 Å². The molecule has 0 heterocycles. The van der Waals surface area contributed by atoms with Gasteiger partial charge in [-0.05, 0) is 6.42 Å². The maximum Gasteiger partial charge on any atom is 0.334 e. The van der Waals surface area contributed by atoms with Crippen LogP contribution in [-0.4, -0.2) is 48.7 Å². The lowest BCUT2D eigenvalue weighted by Gasteiger charge is -2.06. The van der Waals surface area contributed by atoms with E-state index >= 15 is 0 Å². The molecule has 0 aromatic heterocycles. The zero-order valence-electron chi connectivity index (χ0n) is 7.73. The summed E-state index contributed by atoms with van der Waals surface area (Å²) in [5.41, 5.74) is 0. The average molecular weight is 192 g/mol. The minimum absolute atomic E-state index is 0.190. The molecule has 5 heteroatoms. The summed E-state index contributed by atoms with van der Waals surface area (Å²) < 4.78 is 9.92. The molecule has 2 N–H and O–H groups in total. The fraction of sp³-hybridized carbons (Fsp3) is 0.875. The molecule has 1 unspecified atom stereocenters. The third kappa shape index (κ3) is 7.70. The first kappa shape index (κ1) is 12.3. The van der Waals surface area contributed by atoms with Gasteiger partial charge in [0, 0.05) is 6.61 Å². The van der Waals surface area contributed by atoms with Gasteiger partial charge in [0.05, 0.1) is 19.8 Å².